The van der Waals surface area contributed by atoms with E-state index in [2.05, 4.69) is 180 Å². The molecular formula is C47H34N2O. The average molecular weight is 643 g/mol. The third kappa shape index (κ3) is 4.83. The fourth-order valence-corrected chi connectivity index (χ4v) is 7.39. The highest BCUT2D eigenvalue weighted by Crippen LogP contribution is 2.42. The highest BCUT2D eigenvalue weighted by molar-refractivity contribution is 6.09. The van der Waals surface area contributed by atoms with Crippen LogP contribution in [-0.2, 0) is 0 Å². The molecule has 0 aliphatic rings. The van der Waals surface area contributed by atoms with Crippen molar-refractivity contribution in [3.63, 3.8) is 0 Å². The first-order chi connectivity index (χ1) is 24.7. The first-order valence-corrected chi connectivity index (χ1v) is 17.0. The first kappa shape index (κ1) is 29.6. The standard InChI is InChI=1S/C47H34N2O/c1-3-12-41-42-31-37(29-30-47(42)50-46(41)4-2)48(43-20-11-14-34-13-5-6-15-38(34)43)35-25-21-32(22-26-35)33-23-27-36(28-24-33)49-44-18-9-7-16-39(44)40-17-8-10-19-45(40)49/h3-31H,2H2,1H3/b12-3-. The van der Waals surface area contributed by atoms with Crippen molar-refractivity contribution in [2.75, 3.05) is 4.90 Å². The minimum Gasteiger partial charge on any atom is -0.456 e. The number of hydrogen-bond donors (Lipinski definition) is 0. The Labute approximate surface area is 291 Å². The van der Waals surface area contributed by atoms with Crippen molar-refractivity contribution in [1.82, 2.24) is 4.57 Å². The lowest BCUT2D eigenvalue weighted by Gasteiger charge is -2.27. The number of allylic oxidation sites excluding steroid dienone is 1. The Balaban J connectivity index is 1.13. The maximum absolute atomic E-state index is 6.17. The number of furan rings is 1. The summed E-state index contributed by atoms with van der Waals surface area (Å²) >= 11 is 0. The van der Waals surface area contributed by atoms with Crippen molar-refractivity contribution in [1.29, 1.82) is 0 Å². The predicted molar refractivity (Wildman–Crippen MR) is 213 cm³/mol. The van der Waals surface area contributed by atoms with Gasteiger partial charge >= 0.3 is 0 Å². The maximum atomic E-state index is 6.17. The second-order valence-corrected chi connectivity index (χ2v) is 12.6. The zero-order chi connectivity index (χ0) is 33.6. The van der Waals surface area contributed by atoms with Gasteiger partial charge in [0.2, 0.25) is 0 Å². The van der Waals surface area contributed by atoms with Gasteiger partial charge in [0, 0.05) is 44.2 Å². The third-order valence-corrected chi connectivity index (χ3v) is 9.69. The molecule has 0 aliphatic heterocycles. The molecule has 0 unspecified atom stereocenters. The zero-order valence-electron chi connectivity index (χ0n) is 27.8. The van der Waals surface area contributed by atoms with Crippen LogP contribution in [0.4, 0.5) is 17.1 Å². The molecule has 0 N–H and O–H groups in total. The van der Waals surface area contributed by atoms with E-state index >= 15 is 0 Å². The number of para-hydroxylation sites is 2. The number of aromatic nitrogens is 1. The minimum atomic E-state index is 0.778. The second kappa shape index (κ2) is 12.1. The van der Waals surface area contributed by atoms with Crippen molar-refractivity contribution < 1.29 is 4.42 Å². The molecule has 0 amide bonds. The van der Waals surface area contributed by atoms with Gasteiger partial charge in [-0.25, -0.2) is 0 Å². The molecular weight excluding hydrogens is 609 g/mol. The molecule has 0 atom stereocenters. The molecule has 0 bridgehead atoms. The summed E-state index contributed by atoms with van der Waals surface area (Å²) in [5, 5.41) is 5.98. The highest BCUT2D eigenvalue weighted by Gasteiger charge is 2.19. The molecule has 7 aromatic carbocycles. The SMILES string of the molecule is C=Cc1oc2ccc(N(c3ccc(-c4ccc(-n5c6ccccc6c6ccccc65)cc4)cc3)c3cccc4ccccc34)cc2c1/C=C\C. The smallest absolute Gasteiger partial charge is 0.135 e. The number of benzene rings is 7. The van der Waals surface area contributed by atoms with E-state index in [0.717, 1.165) is 50.6 Å². The van der Waals surface area contributed by atoms with Gasteiger partial charge in [0.1, 0.15) is 11.3 Å². The van der Waals surface area contributed by atoms with Crippen LogP contribution in [0.15, 0.2) is 175 Å². The summed E-state index contributed by atoms with van der Waals surface area (Å²) < 4.78 is 8.52. The first-order valence-electron chi connectivity index (χ1n) is 17.0. The molecule has 0 radical (unpaired) electrons. The molecule has 9 rings (SSSR count). The monoisotopic (exact) mass is 642 g/mol. The topological polar surface area (TPSA) is 21.3 Å². The average Bonchev–Trinajstić information content (AvgIpc) is 3.70. The fourth-order valence-electron chi connectivity index (χ4n) is 7.39. The van der Waals surface area contributed by atoms with Crippen LogP contribution in [0.5, 0.6) is 0 Å². The lowest BCUT2D eigenvalue weighted by molar-refractivity contribution is 0.603. The molecule has 0 aliphatic carbocycles. The molecule has 0 spiro atoms. The van der Waals surface area contributed by atoms with E-state index in [1.807, 2.05) is 13.0 Å². The van der Waals surface area contributed by atoms with Crippen LogP contribution in [0, 0.1) is 0 Å². The van der Waals surface area contributed by atoms with Crippen molar-refractivity contribution in [3.05, 3.63) is 182 Å². The van der Waals surface area contributed by atoms with E-state index < -0.39 is 0 Å². The Morgan fingerprint density at radius 3 is 1.86 bits per heavy atom. The fraction of sp³-hybridized carbons (Fsp3) is 0.0213. The van der Waals surface area contributed by atoms with Crippen molar-refractivity contribution in [2.24, 2.45) is 0 Å². The van der Waals surface area contributed by atoms with Gasteiger partial charge < -0.3 is 13.9 Å². The summed E-state index contributed by atoms with van der Waals surface area (Å²) in [6.45, 7) is 6.02. The predicted octanol–water partition coefficient (Wildman–Crippen LogP) is 13.5. The van der Waals surface area contributed by atoms with E-state index in [9.17, 15) is 0 Å². The summed E-state index contributed by atoms with van der Waals surface area (Å²) in [4.78, 5) is 2.34. The number of hydrogen-bond acceptors (Lipinski definition) is 2. The Morgan fingerprint density at radius 1 is 0.580 bits per heavy atom. The van der Waals surface area contributed by atoms with Crippen LogP contribution in [-0.4, -0.2) is 4.57 Å². The van der Waals surface area contributed by atoms with E-state index in [1.54, 1.807) is 6.08 Å². The Kier molecular flexibility index (Phi) is 7.18. The number of anilines is 3. The number of fused-ring (bicyclic) bond motifs is 5. The van der Waals surface area contributed by atoms with Crippen molar-refractivity contribution >= 4 is 72.8 Å². The van der Waals surface area contributed by atoms with E-state index in [0.29, 0.717) is 0 Å². The van der Waals surface area contributed by atoms with Gasteiger partial charge in [-0.2, -0.15) is 0 Å². The van der Waals surface area contributed by atoms with Crippen molar-refractivity contribution in [2.45, 2.75) is 6.92 Å². The van der Waals surface area contributed by atoms with Gasteiger partial charge in [-0.15, -0.1) is 0 Å². The summed E-state index contributed by atoms with van der Waals surface area (Å²) in [6.07, 6.45) is 5.92. The molecule has 50 heavy (non-hydrogen) atoms. The number of nitrogens with zero attached hydrogens (tertiary/aromatic N) is 2. The zero-order valence-corrected chi connectivity index (χ0v) is 27.8. The Hall–Kier alpha value is -6.58. The minimum absolute atomic E-state index is 0.778. The quantitative estimate of drug-likeness (QED) is 0.172. The molecule has 0 saturated heterocycles. The maximum Gasteiger partial charge on any atom is 0.135 e. The van der Waals surface area contributed by atoms with Gasteiger partial charge in [-0.1, -0.05) is 116 Å². The second-order valence-electron chi connectivity index (χ2n) is 12.6. The molecule has 3 nitrogen and oxygen atoms in total. The van der Waals surface area contributed by atoms with Crippen LogP contribution < -0.4 is 4.90 Å². The van der Waals surface area contributed by atoms with Crippen LogP contribution in [0.1, 0.15) is 18.2 Å². The van der Waals surface area contributed by atoms with Gasteiger partial charge in [-0.05, 0) is 90.2 Å². The molecule has 238 valence electrons. The van der Waals surface area contributed by atoms with E-state index in [1.165, 1.54) is 38.1 Å². The van der Waals surface area contributed by atoms with Crippen LogP contribution in [0.25, 0.3) is 72.5 Å². The molecule has 0 fully saturated rings. The van der Waals surface area contributed by atoms with Gasteiger partial charge in [0.15, 0.2) is 0 Å². The molecule has 2 aromatic heterocycles. The molecule has 2 heterocycles. The van der Waals surface area contributed by atoms with E-state index in [-0.39, 0.29) is 0 Å². The van der Waals surface area contributed by atoms with Gasteiger partial charge in [0.25, 0.3) is 0 Å². The normalized spacial score (nSPS) is 11.7. The third-order valence-electron chi connectivity index (χ3n) is 9.69. The molecule has 0 saturated carbocycles. The van der Waals surface area contributed by atoms with Crippen LogP contribution in [0.3, 0.4) is 0 Å². The molecule has 3 heteroatoms. The van der Waals surface area contributed by atoms with Crippen LogP contribution in [0.2, 0.25) is 0 Å². The Morgan fingerprint density at radius 2 is 1.18 bits per heavy atom. The van der Waals surface area contributed by atoms with Crippen molar-refractivity contribution in [3.8, 4) is 16.8 Å². The number of rotatable bonds is 7. The van der Waals surface area contributed by atoms with Crippen LogP contribution >= 0.6 is 0 Å². The molecule has 9 aromatic rings. The summed E-state index contributed by atoms with van der Waals surface area (Å²) in [5.74, 6) is 0.778. The highest BCUT2D eigenvalue weighted by atomic mass is 16.3. The lowest BCUT2D eigenvalue weighted by atomic mass is 10.0. The van der Waals surface area contributed by atoms with Gasteiger partial charge in [0.05, 0.1) is 16.7 Å². The lowest BCUT2D eigenvalue weighted by Crippen LogP contribution is -2.10. The largest absolute Gasteiger partial charge is 0.456 e. The van der Waals surface area contributed by atoms with Gasteiger partial charge in [-0.3, -0.25) is 0 Å². The summed E-state index contributed by atoms with van der Waals surface area (Å²) in [7, 11) is 0. The summed E-state index contributed by atoms with van der Waals surface area (Å²) in [5.41, 5.74) is 11.0. The Bertz CT molecular complexity index is 2670. The summed E-state index contributed by atoms with van der Waals surface area (Å²) in [6, 6.07) is 56.6. The van der Waals surface area contributed by atoms with E-state index in [4.69, 9.17) is 4.42 Å².